The smallest absolute Gasteiger partial charge is 0.347 e. The zero-order valence-corrected chi connectivity index (χ0v) is 17.7. The van der Waals surface area contributed by atoms with Crippen LogP contribution in [0.15, 0.2) is 29.5 Å². The third-order valence-corrected chi connectivity index (χ3v) is 6.99. The predicted octanol–water partition coefficient (Wildman–Crippen LogP) is 3.64. The molecule has 0 aliphatic heterocycles. The minimum Gasteiger partial charge on any atom is -0.347 e. The molecule has 11 heteroatoms. The maximum absolute atomic E-state index is 12.4. The Hall–Kier alpha value is -2.14. The fraction of sp³-hybridized carbons (Fsp3) is 0.579. The van der Waals surface area contributed by atoms with Gasteiger partial charge in [0.2, 0.25) is 10.0 Å². The molecule has 7 nitrogen and oxygen atoms in total. The SMILES string of the molecule is CCC1CC(NS(=O)(=O)CCC(F)(F)F)CC1c1cnc(/C=N\c2ccc[nH]2)n1C. The highest BCUT2D eigenvalue weighted by molar-refractivity contribution is 7.89. The maximum atomic E-state index is 12.4. The second kappa shape index (κ2) is 8.93. The van der Waals surface area contributed by atoms with Crippen LogP contribution in [0.4, 0.5) is 19.0 Å². The number of nitrogens with one attached hydrogen (secondary N) is 2. The average molecular weight is 446 g/mol. The van der Waals surface area contributed by atoms with Crippen molar-refractivity contribution in [2.45, 2.75) is 50.7 Å². The Bertz CT molecular complexity index is 967. The van der Waals surface area contributed by atoms with Crippen molar-refractivity contribution in [2.24, 2.45) is 18.0 Å². The average Bonchev–Trinajstić information content (AvgIpc) is 3.38. The van der Waals surface area contributed by atoms with Gasteiger partial charge in [-0.25, -0.2) is 23.1 Å². The molecule has 3 unspecified atom stereocenters. The van der Waals surface area contributed by atoms with Gasteiger partial charge < -0.3 is 9.55 Å². The zero-order chi connectivity index (χ0) is 21.9. The molecule has 1 aliphatic carbocycles. The first-order valence-corrected chi connectivity index (χ1v) is 11.5. The number of rotatable bonds is 8. The van der Waals surface area contributed by atoms with Crippen LogP contribution in [0.25, 0.3) is 0 Å². The van der Waals surface area contributed by atoms with Gasteiger partial charge in [0.15, 0.2) is 5.82 Å². The predicted molar refractivity (Wildman–Crippen MR) is 108 cm³/mol. The lowest BCUT2D eigenvalue weighted by molar-refractivity contribution is -0.130. The molecular formula is C19H26F3N5O2S. The van der Waals surface area contributed by atoms with E-state index in [1.54, 1.807) is 18.6 Å². The molecule has 0 radical (unpaired) electrons. The molecule has 2 aromatic heterocycles. The summed E-state index contributed by atoms with van der Waals surface area (Å²) in [6.07, 6.45) is 1.30. The minimum absolute atomic E-state index is 0.0652. The standard InChI is InChI=1S/C19H26F3N5O2S/c1-3-13-9-14(26-30(28,29)8-6-19(20,21)22)10-15(13)16-11-25-18(27(16)2)12-24-17-5-4-7-23-17/h4-5,7,11-15,23,26H,3,6,8-10H2,1-2H3/b24-12-. The van der Waals surface area contributed by atoms with Gasteiger partial charge in [0.05, 0.1) is 18.4 Å². The summed E-state index contributed by atoms with van der Waals surface area (Å²) in [5.74, 6) is 0.711. The van der Waals surface area contributed by atoms with Crippen molar-refractivity contribution < 1.29 is 21.6 Å². The zero-order valence-electron chi connectivity index (χ0n) is 16.9. The molecule has 1 saturated carbocycles. The molecule has 1 aliphatic rings. The van der Waals surface area contributed by atoms with E-state index in [1.807, 2.05) is 30.7 Å². The van der Waals surface area contributed by atoms with Crippen LogP contribution in [0.1, 0.15) is 50.0 Å². The molecule has 30 heavy (non-hydrogen) atoms. The van der Waals surface area contributed by atoms with Crippen molar-refractivity contribution >= 4 is 22.1 Å². The number of sulfonamides is 1. The van der Waals surface area contributed by atoms with Crippen molar-refractivity contribution in [2.75, 3.05) is 5.75 Å². The summed E-state index contributed by atoms with van der Waals surface area (Å²) in [5, 5.41) is 0. The van der Waals surface area contributed by atoms with Gasteiger partial charge >= 0.3 is 6.18 Å². The third-order valence-electron chi connectivity index (χ3n) is 5.56. The highest BCUT2D eigenvalue weighted by Gasteiger charge is 2.38. The first-order valence-electron chi connectivity index (χ1n) is 9.84. The number of H-pyrrole nitrogens is 1. The van der Waals surface area contributed by atoms with Gasteiger partial charge in [-0.2, -0.15) is 13.2 Å². The van der Waals surface area contributed by atoms with Gasteiger partial charge in [-0.1, -0.05) is 13.3 Å². The molecule has 0 amide bonds. The number of hydrogen-bond acceptors (Lipinski definition) is 4. The van der Waals surface area contributed by atoms with Gasteiger partial charge in [-0.05, 0) is 30.9 Å². The number of hydrogen-bond donors (Lipinski definition) is 2. The van der Waals surface area contributed by atoms with Gasteiger partial charge in [-0.15, -0.1) is 0 Å². The van der Waals surface area contributed by atoms with E-state index < -0.39 is 28.4 Å². The van der Waals surface area contributed by atoms with E-state index in [2.05, 4.69) is 19.7 Å². The topological polar surface area (TPSA) is 92.1 Å². The van der Waals surface area contributed by atoms with Crippen molar-refractivity contribution in [3.05, 3.63) is 36.0 Å². The second-order valence-electron chi connectivity index (χ2n) is 7.66. The first kappa shape index (κ1) is 22.5. The van der Waals surface area contributed by atoms with Gasteiger partial charge in [0.25, 0.3) is 0 Å². The Morgan fingerprint density at radius 2 is 2.17 bits per heavy atom. The van der Waals surface area contributed by atoms with E-state index in [1.165, 1.54) is 0 Å². The fourth-order valence-corrected chi connectivity index (χ4v) is 5.35. The number of aliphatic imine (C=N–C) groups is 1. The fourth-order valence-electron chi connectivity index (χ4n) is 4.03. The molecule has 0 spiro atoms. The second-order valence-corrected chi connectivity index (χ2v) is 9.53. The monoisotopic (exact) mass is 445 g/mol. The Labute approximate surface area is 173 Å². The van der Waals surface area contributed by atoms with Crippen LogP contribution in [0.3, 0.4) is 0 Å². The van der Waals surface area contributed by atoms with Crippen molar-refractivity contribution in [3.63, 3.8) is 0 Å². The summed E-state index contributed by atoms with van der Waals surface area (Å²) in [7, 11) is -2.11. The van der Waals surface area contributed by atoms with Crippen LogP contribution >= 0.6 is 0 Å². The van der Waals surface area contributed by atoms with Gasteiger partial charge in [-0.3, -0.25) is 0 Å². The third kappa shape index (κ3) is 5.72. The lowest BCUT2D eigenvalue weighted by atomic mass is 9.91. The first-order chi connectivity index (χ1) is 14.1. The molecule has 3 rings (SSSR count). The van der Waals surface area contributed by atoms with Crippen molar-refractivity contribution in [1.82, 2.24) is 19.3 Å². The lowest BCUT2D eigenvalue weighted by Crippen LogP contribution is -2.36. The van der Waals surface area contributed by atoms with Crippen LogP contribution in [0.5, 0.6) is 0 Å². The number of imidazole rings is 1. The minimum atomic E-state index is -4.49. The Morgan fingerprint density at radius 3 is 2.80 bits per heavy atom. The van der Waals surface area contributed by atoms with E-state index in [-0.39, 0.29) is 17.9 Å². The lowest BCUT2D eigenvalue weighted by Gasteiger charge is -2.18. The summed E-state index contributed by atoms with van der Waals surface area (Å²) in [6, 6.07) is 3.29. The largest absolute Gasteiger partial charge is 0.390 e. The molecule has 2 N–H and O–H groups in total. The van der Waals surface area contributed by atoms with E-state index in [0.29, 0.717) is 24.5 Å². The highest BCUT2D eigenvalue weighted by atomic mass is 32.2. The van der Waals surface area contributed by atoms with Gasteiger partial charge in [0, 0.05) is 37.1 Å². The summed E-state index contributed by atoms with van der Waals surface area (Å²) in [5.41, 5.74) is 0.965. The van der Waals surface area contributed by atoms with Crippen molar-refractivity contribution in [1.29, 1.82) is 0 Å². The number of nitrogens with zero attached hydrogens (tertiary/aromatic N) is 3. The maximum Gasteiger partial charge on any atom is 0.390 e. The summed E-state index contributed by atoms with van der Waals surface area (Å²) in [6.45, 7) is 2.03. The molecule has 1 fully saturated rings. The Kier molecular flexibility index (Phi) is 6.71. The molecule has 2 aromatic rings. The van der Waals surface area contributed by atoms with E-state index >= 15 is 0 Å². The molecule has 0 bridgehead atoms. The highest BCUT2D eigenvalue weighted by Crippen LogP contribution is 2.41. The normalized spacial score (nSPS) is 22.9. The molecule has 166 valence electrons. The number of aromatic amines is 1. The van der Waals surface area contributed by atoms with Crippen molar-refractivity contribution in [3.8, 4) is 0 Å². The number of halogens is 3. The Morgan fingerprint density at radius 1 is 1.40 bits per heavy atom. The number of aromatic nitrogens is 3. The molecule has 3 atom stereocenters. The van der Waals surface area contributed by atoms with Crippen LogP contribution in [-0.2, 0) is 17.1 Å². The molecule has 2 heterocycles. The molecular weight excluding hydrogens is 419 g/mol. The summed E-state index contributed by atoms with van der Waals surface area (Å²) >= 11 is 0. The van der Waals surface area contributed by atoms with E-state index in [9.17, 15) is 21.6 Å². The molecule has 0 aromatic carbocycles. The summed E-state index contributed by atoms with van der Waals surface area (Å²) < 4.78 is 65.7. The van der Waals surface area contributed by atoms with Gasteiger partial charge in [0.1, 0.15) is 5.82 Å². The van der Waals surface area contributed by atoms with Crippen LogP contribution < -0.4 is 4.72 Å². The molecule has 0 saturated heterocycles. The van der Waals surface area contributed by atoms with Crippen LogP contribution in [-0.4, -0.2) is 47.1 Å². The summed E-state index contributed by atoms with van der Waals surface area (Å²) in [4.78, 5) is 11.7. The quantitative estimate of drug-likeness (QED) is 0.608. The Balaban J connectivity index is 1.69. The van der Waals surface area contributed by atoms with Crippen LogP contribution in [0.2, 0.25) is 0 Å². The van der Waals surface area contributed by atoms with E-state index in [0.717, 1.165) is 12.1 Å². The number of alkyl halides is 3. The van der Waals surface area contributed by atoms with Crippen LogP contribution in [0, 0.1) is 5.92 Å². The van der Waals surface area contributed by atoms with E-state index in [4.69, 9.17) is 0 Å².